The lowest BCUT2D eigenvalue weighted by molar-refractivity contribution is -0.117. The zero-order valence-electron chi connectivity index (χ0n) is 12.0. The van der Waals surface area contributed by atoms with Crippen LogP contribution >= 0.6 is 11.3 Å². The molecule has 4 nitrogen and oxygen atoms in total. The summed E-state index contributed by atoms with van der Waals surface area (Å²) in [4.78, 5) is 12.2. The number of rotatable bonds is 5. The molecule has 0 saturated heterocycles. The first kappa shape index (κ1) is 15.2. The van der Waals surface area contributed by atoms with E-state index < -0.39 is 0 Å². The number of anilines is 1. The summed E-state index contributed by atoms with van der Waals surface area (Å²) in [5.74, 6) is -0.142. The van der Waals surface area contributed by atoms with Crippen LogP contribution in [0.5, 0.6) is 0 Å². The first-order chi connectivity index (χ1) is 10.1. The van der Waals surface area contributed by atoms with E-state index in [2.05, 4.69) is 16.7 Å². The Kier molecular flexibility index (Phi) is 5.09. The van der Waals surface area contributed by atoms with Crippen LogP contribution in [0.15, 0.2) is 41.8 Å². The predicted molar refractivity (Wildman–Crippen MR) is 85.1 cm³/mol. The van der Waals surface area contributed by atoms with Crippen LogP contribution < -0.4 is 10.6 Å². The van der Waals surface area contributed by atoms with Gasteiger partial charge in [-0.15, -0.1) is 11.3 Å². The van der Waals surface area contributed by atoms with Crippen LogP contribution in [0, 0.1) is 11.3 Å². The quantitative estimate of drug-likeness (QED) is 0.890. The molecule has 0 spiro atoms. The fourth-order valence-electron chi connectivity index (χ4n) is 2.00. The molecule has 0 radical (unpaired) electrons. The number of carbonyl (C=O) groups excluding carboxylic acids is 1. The molecule has 0 aliphatic rings. The third-order valence-electron chi connectivity index (χ3n) is 3.22. The van der Waals surface area contributed by atoms with Crippen LogP contribution in [0.4, 0.5) is 5.00 Å². The molecule has 0 bridgehead atoms. The average Bonchev–Trinajstić information content (AvgIpc) is 2.95. The molecule has 0 aliphatic carbocycles. The van der Waals surface area contributed by atoms with Crippen molar-refractivity contribution >= 4 is 22.2 Å². The molecular weight excluding hydrogens is 282 g/mol. The van der Waals surface area contributed by atoms with Gasteiger partial charge in [-0.1, -0.05) is 30.3 Å². The normalized spacial score (nSPS) is 13.2. The molecule has 1 amide bonds. The SMILES string of the molecule is C[C@H](N[C@H](C)C(=O)Nc1sccc1C#N)c1ccccc1. The standard InChI is InChI=1S/C16H17N3OS/c1-11(13-6-4-3-5-7-13)18-12(2)15(20)19-16-14(10-17)8-9-21-16/h3-9,11-12,18H,1-2H3,(H,19,20)/t11-,12+/m0/s1. The largest absolute Gasteiger partial charge is 0.315 e. The van der Waals surface area contributed by atoms with Crippen LogP contribution in [0.3, 0.4) is 0 Å². The van der Waals surface area contributed by atoms with Gasteiger partial charge >= 0.3 is 0 Å². The molecule has 21 heavy (non-hydrogen) atoms. The Labute approximate surface area is 128 Å². The van der Waals surface area contributed by atoms with E-state index in [0.717, 1.165) is 5.56 Å². The van der Waals surface area contributed by atoms with Crippen molar-refractivity contribution in [3.05, 3.63) is 52.9 Å². The van der Waals surface area contributed by atoms with E-state index in [1.807, 2.05) is 44.2 Å². The summed E-state index contributed by atoms with van der Waals surface area (Å²) in [5.41, 5.74) is 1.63. The minimum absolute atomic E-state index is 0.0747. The number of nitriles is 1. The zero-order valence-corrected chi connectivity index (χ0v) is 12.8. The highest BCUT2D eigenvalue weighted by Gasteiger charge is 2.17. The Morgan fingerprint density at radius 2 is 1.95 bits per heavy atom. The number of amides is 1. The van der Waals surface area contributed by atoms with E-state index in [1.165, 1.54) is 11.3 Å². The second-order valence-corrected chi connectivity index (χ2v) is 5.70. The number of hydrogen-bond donors (Lipinski definition) is 2. The molecule has 0 fully saturated rings. The summed E-state index contributed by atoms with van der Waals surface area (Å²) in [6.45, 7) is 3.83. The lowest BCUT2D eigenvalue weighted by Gasteiger charge is -2.19. The molecule has 2 N–H and O–H groups in total. The number of nitrogens with zero attached hydrogens (tertiary/aromatic N) is 1. The second-order valence-electron chi connectivity index (χ2n) is 4.79. The molecule has 1 aromatic carbocycles. The summed E-state index contributed by atoms with van der Waals surface area (Å²) in [6.07, 6.45) is 0. The van der Waals surface area contributed by atoms with Crippen molar-refractivity contribution < 1.29 is 4.79 Å². The smallest absolute Gasteiger partial charge is 0.241 e. The van der Waals surface area contributed by atoms with E-state index in [9.17, 15) is 4.79 Å². The zero-order chi connectivity index (χ0) is 15.2. The highest BCUT2D eigenvalue weighted by molar-refractivity contribution is 7.14. The van der Waals surface area contributed by atoms with E-state index >= 15 is 0 Å². The molecule has 2 atom stereocenters. The minimum Gasteiger partial charge on any atom is -0.315 e. The van der Waals surface area contributed by atoms with Crippen LogP contribution in [0.1, 0.15) is 31.0 Å². The van der Waals surface area contributed by atoms with Gasteiger partial charge in [-0.25, -0.2) is 0 Å². The molecule has 0 saturated carbocycles. The summed E-state index contributed by atoms with van der Waals surface area (Å²) in [7, 11) is 0. The predicted octanol–water partition coefficient (Wildman–Crippen LogP) is 3.30. The fourth-order valence-corrected chi connectivity index (χ4v) is 2.74. The minimum atomic E-state index is -0.353. The van der Waals surface area contributed by atoms with Gasteiger partial charge in [0, 0.05) is 6.04 Å². The Balaban J connectivity index is 1.96. The average molecular weight is 299 g/mol. The highest BCUT2D eigenvalue weighted by Crippen LogP contribution is 2.22. The van der Waals surface area contributed by atoms with Crippen molar-refractivity contribution in [2.75, 3.05) is 5.32 Å². The fraction of sp³-hybridized carbons (Fsp3) is 0.250. The van der Waals surface area contributed by atoms with Gasteiger partial charge in [0.2, 0.25) is 5.91 Å². The van der Waals surface area contributed by atoms with Crippen molar-refractivity contribution in [3.63, 3.8) is 0 Å². The maximum atomic E-state index is 12.2. The molecule has 1 heterocycles. The number of carbonyl (C=O) groups is 1. The third kappa shape index (κ3) is 3.91. The van der Waals surface area contributed by atoms with Crippen molar-refractivity contribution in [3.8, 4) is 6.07 Å². The third-order valence-corrected chi connectivity index (χ3v) is 4.05. The van der Waals surface area contributed by atoms with Gasteiger partial charge in [-0.3, -0.25) is 10.1 Å². The lowest BCUT2D eigenvalue weighted by atomic mass is 10.1. The molecule has 5 heteroatoms. The maximum Gasteiger partial charge on any atom is 0.241 e. The second kappa shape index (κ2) is 7.02. The van der Waals surface area contributed by atoms with Gasteiger partial charge in [0.15, 0.2) is 0 Å². The number of nitrogens with one attached hydrogen (secondary N) is 2. The van der Waals surface area contributed by atoms with Crippen LogP contribution in [0.2, 0.25) is 0 Å². The Bertz CT molecular complexity index is 645. The summed E-state index contributed by atoms with van der Waals surface area (Å²) < 4.78 is 0. The van der Waals surface area contributed by atoms with Crippen molar-refractivity contribution in [2.45, 2.75) is 25.9 Å². The molecular formula is C16H17N3OS. The van der Waals surface area contributed by atoms with E-state index in [4.69, 9.17) is 5.26 Å². The van der Waals surface area contributed by atoms with Crippen molar-refractivity contribution in [1.82, 2.24) is 5.32 Å². The van der Waals surface area contributed by atoms with Gasteiger partial charge in [-0.2, -0.15) is 5.26 Å². The van der Waals surface area contributed by atoms with Crippen molar-refractivity contribution in [2.24, 2.45) is 0 Å². The van der Waals surface area contributed by atoms with E-state index in [0.29, 0.717) is 10.6 Å². The maximum absolute atomic E-state index is 12.2. The molecule has 1 aromatic heterocycles. The van der Waals surface area contributed by atoms with Gasteiger partial charge < -0.3 is 5.32 Å². The molecule has 108 valence electrons. The molecule has 2 aromatic rings. The van der Waals surface area contributed by atoms with Gasteiger partial charge in [0.1, 0.15) is 11.1 Å². The first-order valence-electron chi connectivity index (χ1n) is 6.71. The summed E-state index contributed by atoms with van der Waals surface area (Å²) in [5, 5.41) is 17.4. The Morgan fingerprint density at radius 3 is 2.62 bits per heavy atom. The van der Waals surface area contributed by atoms with E-state index in [1.54, 1.807) is 11.4 Å². The first-order valence-corrected chi connectivity index (χ1v) is 7.59. The number of hydrogen-bond acceptors (Lipinski definition) is 4. The van der Waals surface area contributed by atoms with Crippen molar-refractivity contribution in [1.29, 1.82) is 5.26 Å². The Morgan fingerprint density at radius 1 is 1.24 bits per heavy atom. The summed E-state index contributed by atoms with van der Waals surface area (Å²) >= 11 is 1.35. The molecule has 2 rings (SSSR count). The van der Waals surface area contributed by atoms with E-state index in [-0.39, 0.29) is 18.0 Å². The van der Waals surface area contributed by atoms with Crippen LogP contribution in [-0.2, 0) is 4.79 Å². The summed E-state index contributed by atoms with van der Waals surface area (Å²) in [6, 6.07) is 13.4. The van der Waals surface area contributed by atoms with Gasteiger partial charge in [-0.05, 0) is 30.9 Å². The number of thiophene rings is 1. The molecule has 0 unspecified atom stereocenters. The molecule has 0 aliphatic heterocycles. The Hall–Kier alpha value is -2.16. The monoisotopic (exact) mass is 299 g/mol. The van der Waals surface area contributed by atoms with Crippen LogP contribution in [0.25, 0.3) is 0 Å². The van der Waals surface area contributed by atoms with Crippen LogP contribution in [-0.4, -0.2) is 11.9 Å². The highest BCUT2D eigenvalue weighted by atomic mass is 32.1. The van der Waals surface area contributed by atoms with Gasteiger partial charge in [0.05, 0.1) is 11.6 Å². The number of benzene rings is 1. The lowest BCUT2D eigenvalue weighted by Crippen LogP contribution is -2.39. The van der Waals surface area contributed by atoms with Gasteiger partial charge in [0.25, 0.3) is 0 Å². The topological polar surface area (TPSA) is 64.9 Å².